The van der Waals surface area contributed by atoms with Crippen LogP contribution in [0.3, 0.4) is 0 Å². The summed E-state index contributed by atoms with van der Waals surface area (Å²) in [5.74, 6) is 1.21. The quantitative estimate of drug-likeness (QED) is 0.843. The molecule has 26 heavy (non-hydrogen) atoms. The van der Waals surface area contributed by atoms with Crippen LogP contribution in [0.5, 0.6) is 0 Å². The van der Waals surface area contributed by atoms with Crippen LogP contribution < -0.4 is 15.4 Å². The molecule has 0 amide bonds. The summed E-state index contributed by atoms with van der Waals surface area (Å²) in [6, 6.07) is 11.5. The van der Waals surface area contributed by atoms with Gasteiger partial charge in [0.2, 0.25) is 5.95 Å². The number of H-pyrrole nitrogens is 1. The molecule has 2 aromatic rings. The smallest absolute Gasteiger partial charge is 0.254 e. The van der Waals surface area contributed by atoms with Crippen molar-refractivity contribution in [3.8, 4) is 0 Å². The van der Waals surface area contributed by atoms with E-state index in [-0.39, 0.29) is 11.6 Å². The number of hydrogen-bond acceptors (Lipinski definition) is 6. The van der Waals surface area contributed by atoms with Gasteiger partial charge in [-0.15, -0.1) is 0 Å². The lowest BCUT2D eigenvalue weighted by Gasteiger charge is -2.30. The highest BCUT2D eigenvalue weighted by atomic mass is 16.5. The van der Waals surface area contributed by atoms with Crippen molar-refractivity contribution < 1.29 is 9.84 Å². The maximum atomic E-state index is 12.2. The highest BCUT2D eigenvalue weighted by Gasteiger charge is 2.34. The van der Waals surface area contributed by atoms with Gasteiger partial charge in [0.15, 0.2) is 0 Å². The van der Waals surface area contributed by atoms with Crippen molar-refractivity contribution in [1.29, 1.82) is 0 Å². The second-order valence-electron chi connectivity index (χ2n) is 6.83. The van der Waals surface area contributed by atoms with E-state index in [1.807, 2.05) is 23.1 Å². The molecule has 1 aromatic heterocycles. The topological polar surface area (TPSA) is 81.7 Å². The van der Waals surface area contributed by atoms with E-state index in [0.29, 0.717) is 44.4 Å². The number of aromatic amines is 1. The maximum Gasteiger partial charge on any atom is 0.254 e. The van der Waals surface area contributed by atoms with E-state index in [1.165, 1.54) is 6.07 Å². The van der Waals surface area contributed by atoms with Crippen LogP contribution in [0.4, 0.5) is 11.8 Å². The standard InChI is InChI=1S/C19H24N4O3/c24-16-6-7-23(15(16)12-14-4-2-1-3-5-14)19-20-17(13-18(25)21-19)22-8-10-26-11-9-22/h1-5,13,15-16,24H,6-12H2,(H,20,21,25)/t15?,16-/m1/s1. The number of anilines is 2. The van der Waals surface area contributed by atoms with Crippen LogP contribution in [0.25, 0.3) is 0 Å². The van der Waals surface area contributed by atoms with E-state index in [2.05, 4.69) is 22.0 Å². The Balaban J connectivity index is 1.60. The predicted molar refractivity (Wildman–Crippen MR) is 99.8 cm³/mol. The molecule has 1 aromatic carbocycles. The molecule has 7 nitrogen and oxygen atoms in total. The molecule has 4 rings (SSSR count). The van der Waals surface area contributed by atoms with Gasteiger partial charge in [0, 0.05) is 25.7 Å². The van der Waals surface area contributed by atoms with E-state index < -0.39 is 6.10 Å². The lowest BCUT2D eigenvalue weighted by molar-refractivity contribution is 0.122. The van der Waals surface area contributed by atoms with Crippen molar-refractivity contribution in [2.75, 3.05) is 42.6 Å². The van der Waals surface area contributed by atoms with Crippen LogP contribution in [-0.4, -0.2) is 60.1 Å². The molecular formula is C19H24N4O3. The number of aliphatic hydroxyl groups is 1. The summed E-state index contributed by atoms with van der Waals surface area (Å²) in [6.45, 7) is 3.41. The first kappa shape index (κ1) is 17.1. The first-order valence-electron chi connectivity index (χ1n) is 9.13. The van der Waals surface area contributed by atoms with Gasteiger partial charge < -0.3 is 19.6 Å². The van der Waals surface area contributed by atoms with Crippen LogP contribution >= 0.6 is 0 Å². The number of nitrogens with one attached hydrogen (secondary N) is 1. The molecule has 138 valence electrons. The Morgan fingerprint density at radius 1 is 1.19 bits per heavy atom. The first-order chi connectivity index (χ1) is 12.7. The van der Waals surface area contributed by atoms with Gasteiger partial charge in [-0.05, 0) is 18.4 Å². The largest absolute Gasteiger partial charge is 0.391 e. The molecule has 0 saturated carbocycles. The van der Waals surface area contributed by atoms with Crippen LogP contribution in [0.1, 0.15) is 12.0 Å². The first-order valence-corrected chi connectivity index (χ1v) is 9.13. The average Bonchev–Trinajstić information content (AvgIpc) is 3.03. The van der Waals surface area contributed by atoms with Gasteiger partial charge in [-0.25, -0.2) is 0 Å². The molecular weight excluding hydrogens is 332 g/mol. The Bertz CT molecular complexity index is 789. The van der Waals surface area contributed by atoms with E-state index in [0.717, 1.165) is 18.7 Å². The molecule has 0 spiro atoms. The fourth-order valence-electron chi connectivity index (χ4n) is 3.72. The van der Waals surface area contributed by atoms with Gasteiger partial charge in [0.05, 0.1) is 25.4 Å². The lowest BCUT2D eigenvalue weighted by atomic mass is 10.0. The Kier molecular flexibility index (Phi) is 4.90. The molecule has 2 saturated heterocycles. The zero-order valence-corrected chi connectivity index (χ0v) is 14.7. The third kappa shape index (κ3) is 3.59. The number of aliphatic hydroxyl groups excluding tert-OH is 1. The molecule has 3 heterocycles. The SMILES string of the molecule is O=c1cc(N2CCOCC2)nc(N2CC[C@@H](O)C2Cc2ccccc2)[nH]1. The zero-order valence-electron chi connectivity index (χ0n) is 14.7. The van der Waals surface area contributed by atoms with E-state index >= 15 is 0 Å². The predicted octanol–water partition coefficient (Wildman–Crippen LogP) is 0.789. The van der Waals surface area contributed by atoms with Crippen LogP contribution in [-0.2, 0) is 11.2 Å². The zero-order chi connectivity index (χ0) is 17.9. The van der Waals surface area contributed by atoms with Crippen molar-refractivity contribution in [1.82, 2.24) is 9.97 Å². The minimum Gasteiger partial charge on any atom is -0.391 e. The minimum atomic E-state index is -0.437. The van der Waals surface area contributed by atoms with Crippen molar-refractivity contribution in [3.05, 3.63) is 52.3 Å². The molecule has 0 radical (unpaired) electrons. The normalized spacial score (nSPS) is 23.4. The monoisotopic (exact) mass is 356 g/mol. The number of benzene rings is 1. The summed E-state index contributed by atoms with van der Waals surface area (Å²) in [4.78, 5) is 23.9. The fraction of sp³-hybridized carbons (Fsp3) is 0.474. The van der Waals surface area contributed by atoms with E-state index in [4.69, 9.17) is 9.72 Å². The molecule has 2 N–H and O–H groups in total. The second kappa shape index (κ2) is 7.47. The average molecular weight is 356 g/mol. The van der Waals surface area contributed by atoms with E-state index in [1.54, 1.807) is 0 Å². The summed E-state index contributed by atoms with van der Waals surface area (Å²) in [5, 5.41) is 10.5. The van der Waals surface area contributed by atoms with Gasteiger partial charge in [0.25, 0.3) is 5.56 Å². The molecule has 1 unspecified atom stereocenters. The van der Waals surface area contributed by atoms with E-state index in [9.17, 15) is 9.90 Å². The molecule has 2 atom stereocenters. The third-order valence-electron chi connectivity index (χ3n) is 5.12. The molecule has 2 aliphatic rings. The molecule has 2 fully saturated rings. The Labute approximate surface area is 152 Å². The number of hydrogen-bond donors (Lipinski definition) is 2. The van der Waals surface area contributed by atoms with Gasteiger partial charge in [-0.2, -0.15) is 4.98 Å². The maximum absolute atomic E-state index is 12.2. The summed E-state index contributed by atoms with van der Waals surface area (Å²) in [5.41, 5.74) is 0.992. The van der Waals surface area contributed by atoms with Crippen LogP contribution in [0.2, 0.25) is 0 Å². The van der Waals surface area contributed by atoms with Gasteiger partial charge in [-0.1, -0.05) is 30.3 Å². The van der Waals surface area contributed by atoms with Crippen LogP contribution in [0, 0.1) is 0 Å². The summed E-state index contributed by atoms with van der Waals surface area (Å²) in [6.07, 6.45) is 0.948. The minimum absolute atomic E-state index is 0.0968. The molecule has 7 heteroatoms. The van der Waals surface area contributed by atoms with Crippen molar-refractivity contribution >= 4 is 11.8 Å². The second-order valence-corrected chi connectivity index (χ2v) is 6.83. The highest BCUT2D eigenvalue weighted by molar-refractivity contribution is 5.46. The molecule has 0 bridgehead atoms. The lowest BCUT2D eigenvalue weighted by Crippen LogP contribution is -2.40. The fourth-order valence-corrected chi connectivity index (χ4v) is 3.72. The Morgan fingerprint density at radius 2 is 1.96 bits per heavy atom. The number of aromatic nitrogens is 2. The Hall–Kier alpha value is -2.38. The summed E-state index contributed by atoms with van der Waals surface area (Å²) in [7, 11) is 0. The van der Waals surface area contributed by atoms with Crippen molar-refractivity contribution in [2.24, 2.45) is 0 Å². The number of rotatable bonds is 4. The Morgan fingerprint density at radius 3 is 2.73 bits per heavy atom. The molecule has 0 aliphatic carbocycles. The highest BCUT2D eigenvalue weighted by Crippen LogP contribution is 2.26. The van der Waals surface area contributed by atoms with Crippen molar-refractivity contribution in [2.45, 2.75) is 25.0 Å². The number of nitrogens with zero attached hydrogens (tertiary/aromatic N) is 3. The van der Waals surface area contributed by atoms with Crippen molar-refractivity contribution in [3.63, 3.8) is 0 Å². The van der Waals surface area contributed by atoms with Gasteiger partial charge in [0.1, 0.15) is 5.82 Å². The number of ether oxygens (including phenoxy) is 1. The van der Waals surface area contributed by atoms with Gasteiger partial charge >= 0.3 is 0 Å². The summed E-state index contributed by atoms with van der Waals surface area (Å²) < 4.78 is 5.38. The number of morpholine rings is 1. The van der Waals surface area contributed by atoms with Crippen LogP contribution in [0.15, 0.2) is 41.2 Å². The third-order valence-corrected chi connectivity index (χ3v) is 5.12. The summed E-state index contributed by atoms with van der Waals surface area (Å²) >= 11 is 0. The van der Waals surface area contributed by atoms with Gasteiger partial charge in [-0.3, -0.25) is 9.78 Å². The molecule has 2 aliphatic heterocycles.